The van der Waals surface area contributed by atoms with Crippen LogP contribution in [-0.4, -0.2) is 50.5 Å². The first-order chi connectivity index (χ1) is 13.2. The third-order valence-corrected chi connectivity index (χ3v) is 5.20. The molecule has 1 unspecified atom stereocenters. The van der Waals surface area contributed by atoms with Gasteiger partial charge in [-0.25, -0.2) is 5.01 Å². The van der Waals surface area contributed by atoms with Crippen LogP contribution in [-0.2, 0) is 22.6 Å². The molecule has 0 saturated carbocycles. The van der Waals surface area contributed by atoms with Crippen molar-refractivity contribution in [3.05, 3.63) is 65.6 Å². The number of hydrogen-bond donors (Lipinski definition) is 1. The highest BCUT2D eigenvalue weighted by molar-refractivity contribution is 5.97. The van der Waals surface area contributed by atoms with Crippen LogP contribution in [0.2, 0.25) is 0 Å². The van der Waals surface area contributed by atoms with Crippen molar-refractivity contribution in [2.45, 2.75) is 19.0 Å². The van der Waals surface area contributed by atoms with Gasteiger partial charge in [-0.15, -0.1) is 0 Å². The lowest BCUT2D eigenvalue weighted by Crippen LogP contribution is -2.60. The Morgan fingerprint density at radius 3 is 2.78 bits per heavy atom. The van der Waals surface area contributed by atoms with Crippen LogP contribution in [0.15, 0.2) is 53.9 Å². The minimum absolute atomic E-state index is 0.0352. The van der Waals surface area contributed by atoms with E-state index < -0.39 is 6.04 Å². The summed E-state index contributed by atoms with van der Waals surface area (Å²) in [5, 5.41) is 6.65. The smallest absolute Gasteiger partial charge is 0.266 e. The number of H-pyrrole nitrogens is 1. The van der Waals surface area contributed by atoms with Crippen LogP contribution in [0.25, 0.3) is 10.9 Å². The van der Waals surface area contributed by atoms with Crippen LogP contribution in [0.3, 0.4) is 0 Å². The van der Waals surface area contributed by atoms with E-state index in [4.69, 9.17) is 0 Å². The third-order valence-electron chi connectivity index (χ3n) is 5.20. The number of aromatic amines is 1. The van der Waals surface area contributed by atoms with E-state index in [9.17, 15) is 9.59 Å². The van der Waals surface area contributed by atoms with Gasteiger partial charge in [0.05, 0.1) is 12.8 Å². The number of carbonyl (C=O) groups is 2. The molecule has 7 heteroatoms. The van der Waals surface area contributed by atoms with Crippen molar-refractivity contribution in [1.82, 2.24) is 19.9 Å². The number of carbonyl (C=O) groups excluding carboxylic acids is 2. The molecule has 2 aromatic heterocycles. The fourth-order valence-electron chi connectivity index (χ4n) is 3.84. The number of benzene rings is 1. The van der Waals surface area contributed by atoms with E-state index in [1.807, 2.05) is 18.2 Å². The molecule has 27 heavy (non-hydrogen) atoms. The molecule has 1 aromatic carbocycles. The molecule has 4 heterocycles. The monoisotopic (exact) mass is 359 g/mol. The molecule has 7 nitrogen and oxygen atoms in total. The van der Waals surface area contributed by atoms with E-state index in [0.717, 1.165) is 27.7 Å². The third kappa shape index (κ3) is 2.59. The lowest BCUT2D eigenvalue weighted by Gasteiger charge is -2.40. The maximum atomic E-state index is 13.0. The molecule has 0 radical (unpaired) electrons. The molecule has 134 valence electrons. The summed E-state index contributed by atoms with van der Waals surface area (Å²) >= 11 is 0. The van der Waals surface area contributed by atoms with Gasteiger partial charge in [0.1, 0.15) is 12.6 Å². The second kappa shape index (κ2) is 6.05. The van der Waals surface area contributed by atoms with Crippen molar-refractivity contribution in [3.63, 3.8) is 0 Å². The lowest BCUT2D eigenvalue weighted by molar-refractivity contribution is -0.157. The number of aromatic nitrogens is 2. The summed E-state index contributed by atoms with van der Waals surface area (Å²) in [5.41, 5.74) is 4.00. The summed E-state index contributed by atoms with van der Waals surface area (Å²) in [7, 11) is 0. The standard InChI is InChI=1S/C20H17N5O2/c26-19-12-25(22-10-13-5-7-21-8-6-13)20(27)18-9-15-14-3-1-2-4-16(14)23-17(15)11-24(18)19/h1-8,10,18,23H,9,11-12H2. The minimum Gasteiger partial charge on any atom is -0.357 e. The summed E-state index contributed by atoms with van der Waals surface area (Å²) in [6, 6.07) is 11.1. The van der Waals surface area contributed by atoms with Gasteiger partial charge in [0.2, 0.25) is 5.91 Å². The van der Waals surface area contributed by atoms with E-state index >= 15 is 0 Å². The van der Waals surface area contributed by atoms with Gasteiger partial charge in [-0.2, -0.15) is 5.10 Å². The number of hydrazone groups is 1. The number of nitrogens with one attached hydrogen (secondary N) is 1. The van der Waals surface area contributed by atoms with E-state index in [1.54, 1.807) is 35.6 Å². The first kappa shape index (κ1) is 15.7. The molecular weight excluding hydrogens is 342 g/mol. The Bertz CT molecular complexity index is 1070. The predicted octanol–water partition coefficient (Wildman–Crippen LogP) is 1.69. The summed E-state index contributed by atoms with van der Waals surface area (Å²) in [5.74, 6) is -0.230. The van der Waals surface area contributed by atoms with Crippen molar-refractivity contribution in [2.24, 2.45) is 5.10 Å². The van der Waals surface area contributed by atoms with Gasteiger partial charge in [-0.05, 0) is 29.3 Å². The zero-order chi connectivity index (χ0) is 18.4. The maximum absolute atomic E-state index is 13.0. The number of pyridine rings is 1. The maximum Gasteiger partial charge on any atom is 0.266 e. The first-order valence-electron chi connectivity index (χ1n) is 8.84. The molecule has 2 aliphatic heterocycles. The highest BCUT2D eigenvalue weighted by Gasteiger charge is 2.43. The van der Waals surface area contributed by atoms with Gasteiger partial charge in [0, 0.05) is 35.4 Å². The van der Waals surface area contributed by atoms with Crippen LogP contribution >= 0.6 is 0 Å². The van der Waals surface area contributed by atoms with Crippen molar-refractivity contribution in [2.75, 3.05) is 6.54 Å². The van der Waals surface area contributed by atoms with Crippen molar-refractivity contribution in [1.29, 1.82) is 0 Å². The summed E-state index contributed by atoms with van der Waals surface area (Å²) in [6.45, 7) is 0.396. The number of nitrogens with zero attached hydrogens (tertiary/aromatic N) is 4. The fraction of sp³-hybridized carbons (Fsp3) is 0.200. The second-order valence-electron chi connectivity index (χ2n) is 6.79. The average molecular weight is 359 g/mol. The second-order valence-corrected chi connectivity index (χ2v) is 6.79. The van der Waals surface area contributed by atoms with Crippen LogP contribution < -0.4 is 0 Å². The summed E-state index contributed by atoms with van der Waals surface area (Å²) in [4.78, 5) is 34.7. The van der Waals surface area contributed by atoms with E-state index in [2.05, 4.69) is 21.1 Å². The van der Waals surface area contributed by atoms with Gasteiger partial charge in [0.15, 0.2) is 0 Å². The Morgan fingerprint density at radius 2 is 1.93 bits per heavy atom. The van der Waals surface area contributed by atoms with Gasteiger partial charge in [-0.3, -0.25) is 14.6 Å². The Morgan fingerprint density at radius 1 is 1.11 bits per heavy atom. The number of rotatable bonds is 2. The summed E-state index contributed by atoms with van der Waals surface area (Å²) in [6.07, 6.45) is 5.41. The van der Waals surface area contributed by atoms with Crippen molar-refractivity contribution in [3.8, 4) is 0 Å². The van der Waals surface area contributed by atoms with Crippen LogP contribution in [0.1, 0.15) is 16.8 Å². The molecule has 0 bridgehead atoms. The molecule has 3 aromatic rings. The van der Waals surface area contributed by atoms with E-state index in [-0.39, 0.29) is 18.4 Å². The van der Waals surface area contributed by atoms with E-state index in [0.29, 0.717) is 13.0 Å². The highest BCUT2D eigenvalue weighted by atomic mass is 16.2. The Labute approximate surface area is 155 Å². The van der Waals surface area contributed by atoms with Gasteiger partial charge < -0.3 is 9.88 Å². The SMILES string of the molecule is O=C1C2Cc3c([nH]c4ccccc34)CN2C(=O)CN1N=Cc1ccncc1. The highest BCUT2D eigenvalue weighted by Crippen LogP contribution is 2.32. The molecule has 1 saturated heterocycles. The normalized spacial score (nSPS) is 19.6. The molecule has 0 spiro atoms. The molecule has 0 aliphatic carbocycles. The minimum atomic E-state index is -0.507. The molecule has 2 amide bonds. The molecule has 5 rings (SSSR count). The molecule has 1 atom stereocenters. The largest absolute Gasteiger partial charge is 0.357 e. The zero-order valence-electron chi connectivity index (χ0n) is 14.5. The number of fused-ring (bicyclic) bond motifs is 4. The van der Waals surface area contributed by atoms with Crippen molar-refractivity contribution >= 4 is 28.9 Å². The Kier molecular flexibility index (Phi) is 3.53. The number of para-hydroxylation sites is 1. The first-order valence-corrected chi connectivity index (χ1v) is 8.84. The zero-order valence-corrected chi connectivity index (χ0v) is 14.5. The van der Waals surface area contributed by atoms with Gasteiger partial charge in [0.25, 0.3) is 5.91 Å². The molecule has 1 N–H and O–H groups in total. The van der Waals surface area contributed by atoms with Crippen LogP contribution in [0.5, 0.6) is 0 Å². The average Bonchev–Trinajstić information content (AvgIpc) is 3.07. The Hall–Kier alpha value is -3.48. The topological polar surface area (TPSA) is 81.7 Å². The van der Waals surface area contributed by atoms with Gasteiger partial charge in [-0.1, -0.05) is 18.2 Å². The van der Waals surface area contributed by atoms with E-state index in [1.165, 1.54) is 5.01 Å². The lowest BCUT2D eigenvalue weighted by atomic mass is 9.94. The Balaban J connectivity index is 1.46. The molecular formula is C20H17N5O2. The molecule has 1 fully saturated rings. The molecule has 2 aliphatic rings. The quantitative estimate of drug-likeness (QED) is 0.707. The van der Waals surface area contributed by atoms with Crippen LogP contribution in [0.4, 0.5) is 0 Å². The fourth-order valence-corrected chi connectivity index (χ4v) is 3.84. The number of amides is 2. The van der Waals surface area contributed by atoms with Crippen LogP contribution in [0, 0.1) is 0 Å². The van der Waals surface area contributed by atoms with Gasteiger partial charge >= 0.3 is 0 Å². The summed E-state index contributed by atoms with van der Waals surface area (Å²) < 4.78 is 0. The predicted molar refractivity (Wildman–Crippen MR) is 99.9 cm³/mol. The number of hydrogen-bond acceptors (Lipinski definition) is 4. The number of piperazine rings is 1. The van der Waals surface area contributed by atoms with Crippen molar-refractivity contribution < 1.29 is 9.59 Å².